The molecule has 112 valence electrons. The number of hydrogen-bond acceptors (Lipinski definition) is 4. The second kappa shape index (κ2) is 5.44. The van der Waals surface area contributed by atoms with Gasteiger partial charge in [-0.25, -0.2) is 14.3 Å². The summed E-state index contributed by atoms with van der Waals surface area (Å²) >= 11 is 0. The van der Waals surface area contributed by atoms with Crippen molar-refractivity contribution in [1.29, 1.82) is 0 Å². The molecule has 2 aromatic rings. The predicted octanol–water partition coefficient (Wildman–Crippen LogP) is 1.84. The summed E-state index contributed by atoms with van der Waals surface area (Å²) in [7, 11) is 0. The zero-order valence-electron chi connectivity index (χ0n) is 12.4. The Morgan fingerprint density at radius 1 is 1.52 bits per heavy atom. The molecule has 21 heavy (non-hydrogen) atoms. The van der Waals surface area contributed by atoms with Crippen molar-refractivity contribution >= 4 is 11.6 Å². The largest absolute Gasteiger partial charge is 0.478 e. The highest BCUT2D eigenvalue weighted by atomic mass is 16.4. The van der Waals surface area contributed by atoms with Gasteiger partial charge in [-0.2, -0.15) is 5.10 Å². The van der Waals surface area contributed by atoms with Gasteiger partial charge in [-0.3, -0.25) is 4.90 Å². The van der Waals surface area contributed by atoms with Gasteiger partial charge in [0.25, 0.3) is 0 Å². The lowest BCUT2D eigenvalue weighted by molar-refractivity contribution is 0.0697. The van der Waals surface area contributed by atoms with Gasteiger partial charge in [-0.05, 0) is 45.4 Å². The molecule has 1 aliphatic rings. The molecule has 0 saturated carbocycles. The molecule has 1 N–H and O–H groups in total. The summed E-state index contributed by atoms with van der Waals surface area (Å²) in [5.74, 6) is -0.154. The van der Waals surface area contributed by atoms with Crippen LogP contribution < -0.4 is 0 Å². The molecule has 3 rings (SSSR count). The summed E-state index contributed by atoms with van der Waals surface area (Å²) in [5, 5.41) is 13.5. The first kappa shape index (κ1) is 14.0. The van der Waals surface area contributed by atoms with E-state index < -0.39 is 5.97 Å². The lowest BCUT2D eigenvalue weighted by atomic mass is 10.1. The Bertz CT molecular complexity index is 665. The van der Waals surface area contributed by atoms with Gasteiger partial charge in [-0.15, -0.1) is 0 Å². The van der Waals surface area contributed by atoms with E-state index in [1.165, 1.54) is 12.8 Å². The average molecular weight is 288 g/mol. The van der Waals surface area contributed by atoms with Gasteiger partial charge >= 0.3 is 5.97 Å². The molecular weight excluding hydrogens is 268 g/mol. The Labute approximate surface area is 123 Å². The topological polar surface area (TPSA) is 70.7 Å². The van der Waals surface area contributed by atoms with E-state index in [0.717, 1.165) is 18.8 Å². The highest BCUT2D eigenvalue weighted by Crippen LogP contribution is 2.22. The van der Waals surface area contributed by atoms with Crippen molar-refractivity contribution in [2.75, 3.05) is 6.54 Å². The summed E-state index contributed by atoms with van der Waals surface area (Å²) in [6.07, 6.45) is 4.87. The molecule has 6 nitrogen and oxygen atoms in total. The van der Waals surface area contributed by atoms with E-state index in [2.05, 4.69) is 28.8 Å². The van der Waals surface area contributed by atoms with E-state index >= 15 is 0 Å². The average Bonchev–Trinajstić information content (AvgIpc) is 3.03. The summed E-state index contributed by atoms with van der Waals surface area (Å²) in [6, 6.07) is 4.13. The molecule has 3 heterocycles. The number of hydrogen-bond donors (Lipinski definition) is 1. The van der Waals surface area contributed by atoms with Gasteiger partial charge < -0.3 is 5.11 Å². The van der Waals surface area contributed by atoms with Crippen LogP contribution in [0.5, 0.6) is 0 Å². The van der Waals surface area contributed by atoms with Crippen LogP contribution in [0.25, 0.3) is 5.65 Å². The fraction of sp³-hybridized carbons (Fsp3) is 0.533. The smallest absolute Gasteiger partial charge is 0.335 e. The fourth-order valence-corrected chi connectivity index (χ4v) is 3.11. The number of aromatic carboxylic acids is 1. The van der Waals surface area contributed by atoms with Gasteiger partial charge in [0.05, 0.1) is 5.56 Å². The number of fused-ring (bicyclic) bond motifs is 1. The molecule has 1 unspecified atom stereocenters. The van der Waals surface area contributed by atoms with Crippen LogP contribution in [0.2, 0.25) is 0 Å². The van der Waals surface area contributed by atoms with Crippen LogP contribution in [0.1, 0.15) is 42.9 Å². The maximum absolute atomic E-state index is 11.0. The Balaban J connectivity index is 1.83. The Kier molecular flexibility index (Phi) is 3.63. The van der Waals surface area contributed by atoms with Crippen molar-refractivity contribution in [3.05, 3.63) is 29.7 Å². The number of nitrogens with zero attached hydrogens (tertiary/aromatic N) is 4. The van der Waals surface area contributed by atoms with Crippen molar-refractivity contribution in [2.45, 2.75) is 45.2 Å². The van der Waals surface area contributed by atoms with Crippen molar-refractivity contribution < 1.29 is 9.90 Å². The predicted molar refractivity (Wildman–Crippen MR) is 78.5 cm³/mol. The van der Waals surface area contributed by atoms with Crippen LogP contribution in [-0.2, 0) is 6.42 Å². The van der Waals surface area contributed by atoms with Crippen LogP contribution >= 0.6 is 0 Å². The van der Waals surface area contributed by atoms with Crippen LogP contribution in [0.4, 0.5) is 0 Å². The minimum absolute atomic E-state index is 0.242. The lowest BCUT2D eigenvalue weighted by Crippen LogP contribution is -2.36. The fourth-order valence-electron chi connectivity index (χ4n) is 3.11. The third-order valence-corrected chi connectivity index (χ3v) is 4.13. The Morgan fingerprint density at radius 2 is 2.33 bits per heavy atom. The van der Waals surface area contributed by atoms with E-state index in [-0.39, 0.29) is 5.56 Å². The molecule has 0 aromatic carbocycles. The molecule has 1 atom stereocenters. The summed E-state index contributed by atoms with van der Waals surface area (Å²) < 4.78 is 1.65. The number of likely N-dealkylation sites (tertiary alicyclic amines) is 1. The quantitative estimate of drug-likeness (QED) is 0.929. The number of carbonyl (C=O) groups is 1. The van der Waals surface area contributed by atoms with Crippen LogP contribution in [0.15, 0.2) is 18.3 Å². The van der Waals surface area contributed by atoms with Gasteiger partial charge in [0.1, 0.15) is 0 Å². The summed E-state index contributed by atoms with van der Waals surface area (Å²) in [6.45, 7) is 5.57. The molecule has 0 spiro atoms. The Hall–Kier alpha value is -1.95. The minimum atomic E-state index is -0.941. The maximum Gasteiger partial charge on any atom is 0.335 e. The van der Waals surface area contributed by atoms with Crippen molar-refractivity contribution in [3.63, 3.8) is 0 Å². The molecule has 0 bridgehead atoms. The first-order valence-corrected chi connectivity index (χ1v) is 7.39. The van der Waals surface area contributed by atoms with E-state index in [4.69, 9.17) is 5.11 Å². The molecule has 1 fully saturated rings. The highest BCUT2D eigenvalue weighted by Gasteiger charge is 2.27. The van der Waals surface area contributed by atoms with Gasteiger partial charge in [0.2, 0.25) is 0 Å². The van der Waals surface area contributed by atoms with Gasteiger partial charge in [-0.1, -0.05) is 0 Å². The number of carboxylic acids is 1. The van der Waals surface area contributed by atoms with Crippen molar-refractivity contribution in [1.82, 2.24) is 19.5 Å². The zero-order chi connectivity index (χ0) is 15.0. The number of aromatic nitrogens is 3. The summed E-state index contributed by atoms with van der Waals surface area (Å²) in [5.41, 5.74) is 0.838. The SMILES string of the molecule is CC(C)N1CCCC1Cc1nc2cc(C(=O)O)ccn2n1. The van der Waals surface area contributed by atoms with E-state index in [1.54, 1.807) is 22.8 Å². The Morgan fingerprint density at radius 3 is 3.05 bits per heavy atom. The molecule has 0 radical (unpaired) electrons. The maximum atomic E-state index is 11.0. The highest BCUT2D eigenvalue weighted by molar-refractivity contribution is 5.88. The first-order chi connectivity index (χ1) is 10.0. The second-order valence-electron chi connectivity index (χ2n) is 5.88. The lowest BCUT2D eigenvalue weighted by Gasteiger charge is -2.27. The van der Waals surface area contributed by atoms with Gasteiger partial charge in [0.15, 0.2) is 11.5 Å². The normalized spacial score (nSPS) is 19.7. The van der Waals surface area contributed by atoms with E-state index in [0.29, 0.717) is 17.7 Å². The van der Waals surface area contributed by atoms with Crippen molar-refractivity contribution in [3.8, 4) is 0 Å². The first-order valence-electron chi connectivity index (χ1n) is 7.39. The van der Waals surface area contributed by atoms with Crippen LogP contribution in [0, 0.1) is 0 Å². The molecular formula is C15H20N4O2. The molecule has 0 aliphatic carbocycles. The number of rotatable bonds is 4. The van der Waals surface area contributed by atoms with Gasteiger partial charge in [0, 0.05) is 24.7 Å². The molecule has 2 aromatic heterocycles. The number of carboxylic acid groups (broad SMARTS) is 1. The molecule has 6 heteroatoms. The monoisotopic (exact) mass is 288 g/mol. The standard InChI is InChI=1S/C15H20N4O2/c1-10(2)18-6-3-4-12(18)9-13-16-14-8-11(15(20)21)5-7-19(14)17-13/h5,7-8,10,12H,3-4,6,9H2,1-2H3,(H,20,21). The van der Waals surface area contributed by atoms with E-state index in [1.807, 2.05) is 0 Å². The summed E-state index contributed by atoms with van der Waals surface area (Å²) in [4.78, 5) is 18.0. The third kappa shape index (κ3) is 2.76. The second-order valence-corrected chi connectivity index (χ2v) is 5.88. The number of pyridine rings is 1. The molecule has 1 aliphatic heterocycles. The van der Waals surface area contributed by atoms with Crippen LogP contribution in [-0.4, -0.2) is 49.2 Å². The third-order valence-electron chi connectivity index (χ3n) is 4.13. The van der Waals surface area contributed by atoms with Crippen molar-refractivity contribution in [2.24, 2.45) is 0 Å². The molecule has 1 saturated heterocycles. The van der Waals surface area contributed by atoms with E-state index in [9.17, 15) is 4.79 Å². The minimum Gasteiger partial charge on any atom is -0.478 e. The molecule has 0 amide bonds. The zero-order valence-corrected chi connectivity index (χ0v) is 12.4. The van der Waals surface area contributed by atoms with Crippen LogP contribution in [0.3, 0.4) is 0 Å².